The van der Waals surface area contributed by atoms with Crippen LogP contribution in [0.15, 0.2) is 23.1 Å². The molecule has 0 radical (unpaired) electrons. The maximum atomic E-state index is 11.9. The lowest BCUT2D eigenvalue weighted by Crippen LogP contribution is -2.27. The van der Waals surface area contributed by atoms with Crippen LogP contribution in [0.3, 0.4) is 0 Å². The van der Waals surface area contributed by atoms with Crippen molar-refractivity contribution in [3.05, 3.63) is 23.2 Å². The van der Waals surface area contributed by atoms with Gasteiger partial charge in [-0.1, -0.05) is 11.6 Å². The van der Waals surface area contributed by atoms with Gasteiger partial charge >= 0.3 is 0 Å². The van der Waals surface area contributed by atoms with E-state index in [1.807, 2.05) is 0 Å². The second kappa shape index (κ2) is 6.20. The van der Waals surface area contributed by atoms with Gasteiger partial charge in [-0.05, 0) is 12.1 Å². The molecule has 17 heavy (non-hydrogen) atoms. The van der Waals surface area contributed by atoms with E-state index >= 15 is 0 Å². The minimum absolute atomic E-state index is 0.0560. The van der Waals surface area contributed by atoms with Crippen molar-refractivity contribution >= 4 is 21.6 Å². The Morgan fingerprint density at radius 3 is 2.65 bits per heavy atom. The van der Waals surface area contributed by atoms with Crippen molar-refractivity contribution in [2.24, 2.45) is 0 Å². The Balaban J connectivity index is 2.98. The van der Waals surface area contributed by atoms with Gasteiger partial charge in [-0.2, -0.15) is 0 Å². The lowest BCUT2D eigenvalue weighted by atomic mass is 10.3. The van der Waals surface area contributed by atoms with Gasteiger partial charge in [0.25, 0.3) is 0 Å². The predicted octanol–water partition coefficient (Wildman–Crippen LogP) is 1.27. The summed E-state index contributed by atoms with van der Waals surface area (Å²) in [4.78, 5) is 0.0560. The van der Waals surface area contributed by atoms with E-state index in [1.165, 1.54) is 32.4 Å². The fourth-order valence-electron chi connectivity index (χ4n) is 1.22. The molecule has 0 unspecified atom stereocenters. The molecule has 0 aliphatic rings. The molecule has 1 aromatic rings. The maximum absolute atomic E-state index is 11.9. The normalized spacial score (nSPS) is 11.5. The van der Waals surface area contributed by atoms with Crippen molar-refractivity contribution in [2.75, 3.05) is 27.4 Å². The highest BCUT2D eigenvalue weighted by atomic mass is 35.5. The van der Waals surface area contributed by atoms with Gasteiger partial charge in [-0.15, -0.1) is 0 Å². The summed E-state index contributed by atoms with van der Waals surface area (Å²) in [7, 11) is -0.720. The number of sulfonamides is 1. The van der Waals surface area contributed by atoms with Crippen molar-refractivity contribution in [3.63, 3.8) is 0 Å². The van der Waals surface area contributed by atoms with E-state index in [1.54, 1.807) is 0 Å². The van der Waals surface area contributed by atoms with Crippen molar-refractivity contribution < 1.29 is 17.9 Å². The molecule has 1 rings (SSSR count). The Labute approximate surface area is 106 Å². The maximum Gasteiger partial charge on any atom is 0.244 e. The standard InChI is InChI=1S/C10H14ClNO4S/c1-15-6-5-12-17(13,14)10-4-3-8(11)7-9(10)16-2/h3-4,7,12H,5-6H2,1-2H3. The van der Waals surface area contributed by atoms with Gasteiger partial charge in [0.2, 0.25) is 10.0 Å². The summed E-state index contributed by atoms with van der Waals surface area (Å²) in [6, 6.07) is 4.34. The molecule has 1 N–H and O–H groups in total. The van der Waals surface area contributed by atoms with Gasteiger partial charge < -0.3 is 9.47 Å². The van der Waals surface area contributed by atoms with Crippen molar-refractivity contribution in [1.82, 2.24) is 4.72 Å². The van der Waals surface area contributed by atoms with Gasteiger partial charge in [-0.3, -0.25) is 0 Å². The molecule has 0 amide bonds. The van der Waals surface area contributed by atoms with Gasteiger partial charge in [0, 0.05) is 24.7 Å². The Morgan fingerprint density at radius 2 is 2.06 bits per heavy atom. The molecular formula is C10H14ClNO4S. The molecule has 0 saturated carbocycles. The smallest absolute Gasteiger partial charge is 0.244 e. The van der Waals surface area contributed by atoms with E-state index in [4.69, 9.17) is 21.1 Å². The molecule has 0 saturated heterocycles. The minimum Gasteiger partial charge on any atom is -0.495 e. The number of hydrogen-bond acceptors (Lipinski definition) is 4. The van der Waals surface area contributed by atoms with Crippen LogP contribution >= 0.6 is 11.6 Å². The van der Waals surface area contributed by atoms with Gasteiger partial charge in [-0.25, -0.2) is 13.1 Å². The van der Waals surface area contributed by atoms with E-state index in [0.29, 0.717) is 11.6 Å². The van der Waals surface area contributed by atoms with Gasteiger partial charge in [0.1, 0.15) is 10.6 Å². The second-order valence-electron chi connectivity index (χ2n) is 3.19. The van der Waals surface area contributed by atoms with Crippen LogP contribution < -0.4 is 9.46 Å². The largest absolute Gasteiger partial charge is 0.495 e. The SMILES string of the molecule is COCCNS(=O)(=O)c1ccc(Cl)cc1OC. The van der Waals surface area contributed by atoms with E-state index in [9.17, 15) is 8.42 Å². The van der Waals surface area contributed by atoms with Crippen LogP contribution in [0.1, 0.15) is 0 Å². The van der Waals surface area contributed by atoms with Gasteiger partial charge in [0.05, 0.1) is 13.7 Å². The molecule has 96 valence electrons. The molecule has 0 bridgehead atoms. The Hall–Kier alpha value is -0.820. The molecule has 0 fully saturated rings. The summed E-state index contributed by atoms with van der Waals surface area (Å²) >= 11 is 5.76. The third-order valence-electron chi connectivity index (χ3n) is 2.01. The minimum atomic E-state index is -3.61. The van der Waals surface area contributed by atoms with E-state index in [2.05, 4.69) is 4.72 Å². The molecule has 7 heteroatoms. The first-order chi connectivity index (χ1) is 8.01. The Kier molecular flexibility index (Phi) is 5.20. The topological polar surface area (TPSA) is 64.6 Å². The molecule has 0 spiro atoms. The molecule has 0 aliphatic carbocycles. The van der Waals surface area contributed by atoms with Crippen LogP contribution in [-0.2, 0) is 14.8 Å². The van der Waals surface area contributed by atoms with Crippen LogP contribution in [0.25, 0.3) is 0 Å². The number of benzene rings is 1. The monoisotopic (exact) mass is 279 g/mol. The van der Waals surface area contributed by atoms with Crippen LogP contribution in [0.4, 0.5) is 0 Å². The molecular weight excluding hydrogens is 266 g/mol. The summed E-state index contributed by atoms with van der Waals surface area (Å²) in [5.74, 6) is 0.211. The van der Waals surface area contributed by atoms with Gasteiger partial charge in [0.15, 0.2) is 0 Å². The summed E-state index contributed by atoms with van der Waals surface area (Å²) in [5, 5.41) is 0.415. The first-order valence-electron chi connectivity index (χ1n) is 4.83. The third-order valence-corrected chi connectivity index (χ3v) is 3.75. The second-order valence-corrected chi connectivity index (χ2v) is 5.36. The van der Waals surface area contributed by atoms with E-state index < -0.39 is 10.0 Å². The Morgan fingerprint density at radius 1 is 1.35 bits per heavy atom. The van der Waals surface area contributed by atoms with Crippen molar-refractivity contribution in [1.29, 1.82) is 0 Å². The van der Waals surface area contributed by atoms with Crippen LogP contribution in [0.2, 0.25) is 5.02 Å². The lowest BCUT2D eigenvalue weighted by molar-refractivity contribution is 0.204. The lowest BCUT2D eigenvalue weighted by Gasteiger charge is -2.10. The highest BCUT2D eigenvalue weighted by molar-refractivity contribution is 7.89. The van der Waals surface area contributed by atoms with Crippen LogP contribution in [0, 0.1) is 0 Å². The zero-order chi connectivity index (χ0) is 12.9. The third kappa shape index (κ3) is 3.85. The van der Waals surface area contributed by atoms with Crippen LogP contribution in [-0.4, -0.2) is 35.8 Å². The Bertz CT molecular complexity index is 475. The molecule has 0 heterocycles. The number of nitrogens with one attached hydrogen (secondary N) is 1. The number of halogens is 1. The number of ether oxygens (including phenoxy) is 2. The van der Waals surface area contributed by atoms with Crippen molar-refractivity contribution in [3.8, 4) is 5.75 Å². The van der Waals surface area contributed by atoms with Crippen LogP contribution in [0.5, 0.6) is 5.75 Å². The highest BCUT2D eigenvalue weighted by Crippen LogP contribution is 2.26. The fraction of sp³-hybridized carbons (Fsp3) is 0.400. The summed E-state index contributed by atoms with van der Waals surface area (Å²) in [6.45, 7) is 0.500. The summed E-state index contributed by atoms with van der Waals surface area (Å²) in [5.41, 5.74) is 0. The number of methoxy groups -OCH3 is 2. The molecule has 0 atom stereocenters. The van der Waals surface area contributed by atoms with E-state index in [-0.39, 0.29) is 17.2 Å². The zero-order valence-electron chi connectivity index (χ0n) is 9.57. The predicted molar refractivity (Wildman–Crippen MR) is 65.1 cm³/mol. The average molecular weight is 280 g/mol. The first kappa shape index (κ1) is 14.2. The highest BCUT2D eigenvalue weighted by Gasteiger charge is 2.18. The number of rotatable bonds is 6. The summed E-state index contributed by atoms with van der Waals surface area (Å²) < 4.78 is 36.0. The fourth-order valence-corrected chi connectivity index (χ4v) is 2.54. The molecule has 5 nitrogen and oxygen atoms in total. The summed E-state index contributed by atoms with van der Waals surface area (Å²) in [6.07, 6.45) is 0. The quantitative estimate of drug-likeness (QED) is 0.797. The molecule has 1 aromatic carbocycles. The van der Waals surface area contributed by atoms with Crippen molar-refractivity contribution in [2.45, 2.75) is 4.90 Å². The molecule has 0 aromatic heterocycles. The van der Waals surface area contributed by atoms with E-state index in [0.717, 1.165) is 0 Å². The molecule has 0 aliphatic heterocycles. The zero-order valence-corrected chi connectivity index (χ0v) is 11.1. The average Bonchev–Trinajstić information content (AvgIpc) is 2.28. The number of hydrogen-bond donors (Lipinski definition) is 1. The first-order valence-corrected chi connectivity index (χ1v) is 6.69.